The standard InChI is InChI=1S/C16H25NO3/c1-5-10-17-13(4)14-6-8-15(9-7-14)19-11-16(18)20-12(2)3/h6-9,12-13,17H,5,10-11H2,1-4H3. The van der Waals surface area contributed by atoms with E-state index in [-0.39, 0.29) is 18.7 Å². The molecule has 0 aromatic heterocycles. The fraction of sp³-hybridized carbons (Fsp3) is 0.562. The Morgan fingerprint density at radius 2 is 1.85 bits per heavy atom. The van der Waals surface area contributed by atoms with E-state index >= 15 is 0 Å². The molecule has 112 valence electrons. The minimum absolute atomic E-state index is 0.0544. The number of hydrogen-bond acceptors (Lipinski definition) is 4. The molecule has 20 heavy (non-hydrogen) atoms. The number of carbonyl (C=O) groups excluding carboxylic acids is 1. The molecule has 4 nitrogen and oxygen atoms in total. The van der Waals surface area contributed by atoms with Gasteiger partial charge in [0.1, 0.15) is 5.75 Å². The second kappa shape index (κ2) is 8.59. The average Bonchev–Trinajstić information content (AvgIpc) is 2.42. The van der Waals surface area contributed by atoms with Crippen molar-refractivity contribution in [1.29, 1.82) is 0 Å². The maximum absolute atomic E-state index is 11.4. The second-order valence-electron chi connectivity index (χ2n) is 5.07. The smallest absolute Gasteiger partial charge is 0.344 e. The van der Waals surface area contributed by atoms with Crippen LogP contribution in [0.3, 0.4) is 0 Å². The van der Waals surface area contributed by atoms with Crippen molar-refractivity contribution >= 4 is 5.97 Å². The van der Waals surface area contributed by atoms with Crippen LogP contribution in [0.15, 0.2) is 24.3 Å². The van der Waals surface area contributed by atoms with Gasteiger partial charge in [0.25, 0.3) is 0 Å². The van der Waals surface area contributed by atoms with Crippen LogP contribution in [0.4, 0.5) is 0 Å². The lowest BCUT2D eigenvalue weighted by Crippen LogP contribution is -2.19. The SMILES string of the molecule is CCCNC(C)c1ccc(OCC(=O)OC(C)C)cc1. The first kappa shape index (κ1) is 16.5. The molecule has 1 N–H and O–H groups in total. The van der Waals surface area contributed by atoms with Gasteiger partial charge in [0.15, 0.2) is 6.61 Å². The number of carbonyl (C=O) groups is 1. The van der Waals surface area contributed by atoms with E-state index in [9.17, 15) is 4.79 Å². The molecule has 1 unspecified atom stereocenters. The first-order valence-electron chi connectivity index (χ1n) is 7.18. The van der Waals surface area contributed by atoms with Crippen LogP contribution in [0.2, 0.25) is 0 Å². The Balaban J connectivity index is 2.44. The predicted octanol–water partition coefficient (Wildman–Crippen LogP) is 3.08. The minimum atomic E-state index is -0.345. The summed E-state index contributed by atoms with van der Waals surface area (Å²) in [7, 11) is 0. The van der Waals surface area contributed by atoms with Crippen molar-refractivity contribution < 1.29 is 14.3 Å². The predicted molar refractivity (Wildman–Crippen MR) is 79.9 cm³/mol. The topological polar surface area (TPSA) is 47.6 Å². The summed E-state index contributed by atoms with van der Waals surface area (Å²) >= 11 is 0. The van der Waals surface area contributed by atoms with E-state index in [1.807, 2.05) is 38.1 Å². The van der Waals surface area contributed by atoms with E-state index in [2.05, 4.69) is 19.2 Å². The van der Waals surface area contributed by atoms with Crippen LogP contribution in [0.5, 0.6) is 5.75 Å². The molecule has 0 aliphatic rings. The van der Waals surface area contributed by atoms with Crippen LogP contribution in [0.1, 0.15) is 45.7 Å². The molecule has 1 aromatic carbocycles. The zero-order chi connectivity index (χ0) is 15.0. The summed E-state index contributed by atoms with van der Waals surface area (Å²) in [5.74, 6) is 0.333. The Hall–Kier alpha value is -1.55. The first-order valence-corrected chi connectivity index (χ1v) is 7.18. The molecule has 0 aliphatic heterocycles. The van der Waals surface area contributed by atoms with E-state index in [1.165, 1.54) is 5.56 Å². The highest BCUT2D eigenvalue weighted by Gasteiger charge is 2.07. The third kappa shape index (κ3) is 6.06. The lowest BCUT2D eigenvalue weighted by atomic mass is 10.1. The Labute approximate surface area is 121 Å². The molecule has 1 atom stereocenters. The molecule has 1 rings (SSSR count). The van der Waals surface area contributed by atoms with Crippen LogP contribution >= 0.6 is 0 Å². The van der Waals surface area contributed by atoms with Crippen molar-refractivity contribution in [3.63, 3.8) is 0 Å². The average molecular weight is 279 g/mol. The molecule has 0 radical (unpaired) electrons. The third-order valence-corrected chi connectivity index (χ3v) is 2.80. The summed E-state index contributed by atoms with van der Waals surface area (Å²) < 4.78 is 10.4. The third-order valence-electron chi connectivity index (χ3n) is 2.80. The lowest BCUT2D eigenvalue weighted by molar-refractivity contribution is -0.149. The highest BCUT2D eigenvalue weighted by atomic mass is 16.6. The van der Waals surface area contributed by atoms with Crippen LogP contribution < -0.4 is 10.1 Å². The summed E-state index contributed by atoms with van der Waals surface area (Å²) in [6, 6.07) is 8.09. The van der Waals surface area contributed by atoms with Crippen molar-refractivity contribution in [1.82, 2.24) is 5.32 Å². The van der Waals surface area contributed by atoms with Gasteiger partial charge in [0, 0.05) is 6.04 Å². The number of ether oxygens (including phenoxy) is 2. The monoisotopic (exact) mass is 279 g/mol. The fourth-order valence-electron chi connectivity index (χ4n) is 1.77. The van der Waals surface area contributed by atoms with Crippen LogP contribution in [0.25, 0.3) is 0 Å². The van der Waals surface area contributed by atoms with Crippen molar-refractivity contribution in [2.24, 2.45) is 0 Å². The number of hydrogen-bond donors (Lipinski definition) is 1. The number of esters is 1. The molecule has 0 fully saturated rings. The first-order chi connectivity index (χ1) is 9.52. The molecule has 0 aliphatic carbocycles. The van der Waals surface area contributed by atoms with E-state index in [0.717, 1.165) is 13.0 Å². The normalized spacial score (nSPS) is 12.2. The maximum Gasteiger partial charge on any atom is 0.344 e. The zero-order valence-corrected chi connectivity index (χ0v) is 12.8. The van der Waals surface area contributed by atoms with Gasteiger partial charge in [-0.05, 0) is 51.4 Å². The van der Waals surface area contributed by atoms with E-state index in [4.69, 9.17) is 9.47 Å². The van der Waals surface area contributed by atoms with Gasteiger partial charge in [-0.15, -0.1) is 0 Å². The largest absolute Gasteiger partial charge is 0.482 e. The van der Waals surface area contributed by atoms with Crippen LogP contribution in [0, 0.1) is 0 Å². The molecule has 0 spiro atoms. The highest BCUT2D eigenvalue weighted by Crippen LogP contribution is 2.17. The van der Waals surface area contributed by atoms with Crippen molar-refractivity contribution in [3.05, 3.63) is 29.8 Å². The van der Waals surface area contributed by atoms with E-state index in [1.54, 1.807) is 0 Å². The Bertz CT molecular complexity index is 401. The number of benzene rings is 1. The van der Waals surface area contributed by atoms with Gasteiger partial charge in [-0.25, -0.2) is 4.79 Å². The molecular weight excluding hydrogens is 254 g/mol. The van der Waals surface area contributed by atoms with Gasteiger partial charge in [-0.1, -0.05) is 19.1 Å². The Morgan fingerprint density at radius 1 is 1.20 bits per heavy atom. The summed E-state index contributed by atoms with van der Waals surface area (Å²) in [5.41, 5.74) is 1.20. The van der Waals surface area contributed by atoms with Gasteiger partial charge in [-0.2, -0.15) is 0 Å². The van der Waals surface area contributed by atoms with E-state index < -0.39 is 0 Å². The maximum atomic E-state index is 11.4. The minimum Gasteiger partial charge on any atom is -0.482 e. The summed E-state index contributed by atoms with van der Waals surface area (Å²) in [5, 5.41) is 3.42. The number of rotatable bonds is 8. The second-order valence-corrected chi connectivity index (χ2v) is 5.07. The van der Waals surface area contributed by atoms with Crippen molar-refractivity contribution in [3.8, 4) is 5.75 Å². The molecule has 0 saturated carbocycles. The Kier molecular flexibility index (Phi) is 7.09. The Morgan fingerprint density at radius 3 is 2.40 bits per heavy atom. The van der Waals surface area contributed by atoms with Crippen LogP contribution in [-0.2, 0) is 9.53 Å². The van der Waals surface area contributed by atoms with Gasteiger partial charge >= 0.3 is 5.97 Å². The summed E-state index contributed by atoms with van der Waals surface area (Å²) in [4.78, 5) is 11.4. The van der Waals surface area contributed by atoms with Gasteiger partial charge in [0.05, 0.1) is 6.10 Å². The van der Waals surface area contributed by atoms with E-state index in [0.29, 0.717) is 11.8 Å². The molecule has 0 heterocycles. The molecule has 0 amide bonds. The molecule has 1 aromatic rings. The van der Waals surface area contributed by atoms with Crippen LogP contribution in [-0.4, -0.2) is 25.2 Å². The van der Waals surface area contributed by atoms with Crippen molar-refractivity contribution in [2.45, 2.75) is 46.3 Å². The fourth-order valence-corrected chi connectivity index (χ4v) is 1.77. The molecule has 0 saturated heterocycles. The van der Waals surface area contributed by atoms with Gasteiger partial charge < -0.3 is 14.8 Å². The van der Waals surface area contributed by atoms with Gasteiger partial charge in [-0.3, -0.25) is 0 Å². The lowest BCUT2D eigenvalue weighted by Gasteiger charge is -2.14. The molecular formula is C16H25NO3. The van der Waals surface area contributed by atoms with Crippen molar-refractivity contribution in [2.75, 3.05) is 13.2 Å². The highest BCUT2D eigenvalue weighted by molar-refractivity contribution is 5.71. The molecule has 0 bridgehead atoms. The van der Waals surface area contributed by atoms with Gasteiger partial charge in [0.2, 0.25) is 0 Å². The summed E-state index contributed by atoms with van der Waals surface area (Å²) in [6.45, 7) is 8.86. The zero-order valence-electron chi connectivity index (χ0n) is 12.8. The quantitative estimate of drug-likeness (QED) is 0.743. The summed E-state index contributed by atoms with van der Waals surface area (Å²) in [6.07, 6.45) is 1.00. The molecule has 4 heteroatoms. The number of nitrogens with one attached hydrogen (secondary N) is 1.